The average Bonchev–Trinajstić information content (AvgIpc) is 3.08. The second-order valence-corrected chi connectivity index (χ2v) is 3.82. The quantitative estimate of drug-likeness (QED) is 0.477. The molecule has 7 heteroatoms. The molecule has 1 saturated heterocycles. The standard InChI is InChI=1S/C11H8F4O3/c12-8-3-1-7(2-4-8)5-17-9(16)10(6-18-10)11(13,14)15/h1-4H,5-6H2/t10-/m1/s1. The van der Waals surface area contributed by atoms with Gasteiger partial charge in [-0.3, -0.25) is 0 Å². The highest BCUT2D eigenvalue weighted by Crippen LogP contribution is 2.44. The Hall–Kier alpha value is -1.63. The third kappa shape index (κ3) is 2.31. The lowest BCUT2D eigenvalue weighted by Crippen LogP contribution is -2.41. The fourth-order valence-corrected chi connectivity index (χ4v) is 1.32. The van der Waals surface area contributed by atoms with Gasteiger partial charge in [-0.05, 0) is 17.7 Å². The molecule has 0 unspecified atom stereocenters. The van der Waals surface area contributed by atoms with Crippen LogP contribution in [0.1, 0.15) is 5.56 Å². The normalized spacial score (nSPS) is 22.7. The summed E-state index contributed by atoms with van der Waals surface area (Å²) < 4.78 is 58.6. The van der Waals surface area contributed by atoms with E-state index in [1.165, 1.54) is 12.1 Å². The topological polar surface area (TPSA) is 38.8 Å². The van der Waals surface area contributed by atoms with Crippen molar-refractivity contribution < 1.29 is 31.8 Å². The molecule has 0 N–H and O–H groups in total. The van der Waals surface area contributed by atoms with Crippen LogP contribution < -0.4 is 0 Å². The van der Waals surface area contributed by atoms with Crippen LogP contribution in [0, 0.1) is 5.82 Å². The third-order valence-electron chi connectivity index (χ3n) is 2.50. The number of rotatable bonds is 3. The van der Waals surface area contributed by atoms with Gasteiger partial charge >= 0.3 is 12.1 Å². The number of carbonyl (C=O) groups is 1. The predicted molar refractivity (Wildman–Crippen MR) is 50.9 cm³/mol. The van der Waals surface area contributed by atoms with Gasteiger partial charge in [0.15, 0.2) is 0 Å². The molecule has 1 aromatic rings. The van der Waals surface area contributed by atoms with Crippen LogP contribution in [0.15, 0.2) is 24.3 Å². The predicted octanol–water partition coefficient (Wildman–Crippen LogP) is 2.20. The summed E-state index contributed by atoms with van der Waals surface area (Å²) in [6, 6.07) is 4.87. The zero-order chi connectivity index (χ0) is 13.4. The van der Waals surface area contributed by atoms with Gasteiger partial charge in [-0.2, -0.15) is 13.2 Å². The molecule has 0 saturated carbocycles. The molecule has 0 spiro atoms. The van der Waals surface area contributed by atoms with Crippen molar-refractivity contribution in [2.24, 2.45) is 0 Å². The first-order valence-corrected chi connectivity index (χ1v) is 4.97. The van der Waals surface area contributed by atoms with Crippen LogP contribution in [0.5, 0.6) is 0 Å². The number of ether oxygens (including phenoxy) is 2. The summed E-state index contributed by atoms with van der Waals surface area (Å²) in [4.78, 5) is 11.3. The minimum absolute atomic E-state index is 0.361. The molecule has 1 heterocycles. The van der Waals surface area contributed by atoms with Gasteiger partial charge in [0.2, 0.25) is 0 Å². The fraction of sp³-hybridized carbons (Fsp3) is 0.364. The first-order valence-electron chi connectivity index (χ1n) is 4.97. The molecular weight excluding hydrogens is 256 g/mol. The smallest absolute Gasteiger partial charge is 0.430 e. The number of carbonyl (C=O) groups excluding carboxylic acids is 1. The van der Waals surface area contributed by atoms with Crippen molar-refractivity contribution >= 4 is 5.97 Å². The fourth-order valence-electron chi connectivity index (χ4n) is 1.32. The molecule has 1 aromatic carbocycles. The van der Waals surface area contributed by atoms with E-state index in [0.29, 0.717) is 5.56 Å². The Bertz CT molecular complexity index is 448. The highest BCUT2D eigenvalue weighted by atomic mass is 19.4. The molecule has 98 valence electrons. The second kappa shape index (κ2) is 4.24. The lowest BCUT2D eigenvalue weighted by Gasteiger charge is -2.14. The van der Waals surface area contributed by atoms with Gasteiger partial charge in [0, 0.05) is 0 Å². The van der Waals surface area contributed by atoms with E-state index in [9.17, 15) is 22.4 Å². The summed E-state index contributed by atoms with van der Waals surface area (Å²) in [6.07, 6.45) is -4.78. The van der Waals surface area contributed by atoms with Gasteiger partial charge in [-0.15, -0.1) is 0 Å². The minimum atomic E-state index is -4.78. The van der Waals surface area contributed by atoms with E-state index in [4.69, 9.17) is 0 Å². The van der Waals surface area contributed by atoms with Crippen LogP contribution in [-0.4, -0.2) is 24.4 Å². The van der Waals surface area contributed by atoms with Crippen LogP contribution in [0.3, 0.4) is 0 Å². The molecule has 1 aliphatic heterocycles. The Balaban J connectivity index is 1.95. The number of benzene rings is 1. The first kappa shape index (κ1) is 12.8. The van der Waals surface area contributed by atoms with Crippen LogP contribution in [-0.2, 0) is 20.9 Å². The summed E-state index contributed by atoms with van der Waals surface area (Å²) in [5.41, 5.74) is -2.42. The molecule has 1 fully saturated rings. The monoisotopic (exact) mass is 264 g/mol. The third-order valence-corrected chi connectivity index (χ3v) is 2.50. The SMILES string of the molecule is O=C(OCc1ccc(F)cc1)[C@@]1(C(F)(F)F)CO1. The van der Waals surface area contributed by atoms with E-state index in [2.05, 4.69) is 9.47 Å². The maximum absolute atomic E-state index is 12.6. The van der Waals surface area contributed by atoms with E-state index < -0.39 is 30.2 Å². The van der Waals surface area contributed by atoms with Crippen LogP contribution in [0.25, 0.3) is 0 Å². The summed E-state index contributed by atoms with van der Waals surface area (Å²) in [7, 11) is 0. The number of epoxide rings is 1. The van der Waals surface area contributed by atoms with Gasteiger partial charge in [0.05, 0.1) is 6.61 Å². The Kier molecular flexibility index (Phi) is 3.02. The van der Waals surface area contributed by atoms with Gasteiger partial charge in [0.25, 0.3) is 5.60 Å². The molecule has 0 aromatic heterocycles. The maximum atomic E-state index is 12.6. The molecule has 0 amide bonds. The van der Waals surface area contributed by atoms with Crippen molar-refractivity contribution in [1.29, 1.82) is 0 Å². The zero-order valence-electron chi connectivity index (χ0n) is 8.96. The van der Waals surface area contributed by atoms with E-state index in [0.717, 1.165) is 12.1 Å². The van der Waals surface area contributed by atoms with Crippen LogP contribution in [0.4, 0.5) is 17.6 Å². The molecule has 3 nitrogen and oxygen atoms in total. The van der Waals surface area contributed by atoms with E-state index in [-0.39, 0.29) is 6.61 Å². The van der Waals surface area contributed by atoms with Gasteiger partial charge in [-0.25, -0.2) is 9.18 Å². The lowest BCUT2D eigenvalue weighted by atomic mass is 10.1. The molecule has 1 atom stereocenters. The summed E-state index contributed by atoms with van der Waals surface area (Å²) >= 11 is 0. The van der Waals surface area contributed by atoms with Gasteiger partial charge < -0.3 is 9.47 Å². The molecule has 18 heavy (non-hydrogen) atoms. The van der Waals surface area contributed by atoms with Crippen LogP contribution >= 0.6 is 0 Å². The highest BCUT2D eigenvalue weighted by Gasteiger charge is 2.72. The van der Waals surface area contributed by atoms with Crippen molar-refractivity contribution in [3.8, 4) is 0 Å². The summed E-state index contributed by atoms with van der Waals surface area (Å²) in [6.45, 7) is -1.08. The van der Waals surface area contributed by atoms with Crippen molar-refractivity contribution in [2.45, 2.75) is 18.4 Å². The van der Waals surface area contributed by atoms with E-state index >= 15 is 0 Å². The Morgan fingerprint density at radius 1 is 1.33 bits per heavy atom. The zero-order valence-corrected chi connectivity index (χ0v) is 8.96. The lowest BCUT2D eigenvalue weighted by molar-refractivity contribution is -0.204. The van der Waals surface area contributed by atoms with E-state index in [1.807, 2.05) is 0 Å². The summed E-state index contributed by atoms with van der Waals surface area (Å²) in [5, 5.41) is 0. The number of hydrogen-bond acceptors (Lipinski definition) is 3. The number of esters is 1. The molecule has 0 bridgehead atoms. The largest absolute Gasteiger partial charge is 0.458 e. The average molecular weight is 264 g/mol. The second-order valence-electron chi connectivity index (χ2n) is 3.82. The molecular formula is C11H8F4O3. The number of alkyl halides is 3. The van der Waals surface area contributed by atoms with Gasteiger partial charge in [-0.1, -0.05) is 12.1 Å². The minimum Gasteiger partial charge on any atom is -0.458 e. The highest BCUT2D eigenvalue weighted by molar-refractivity contribution is 5.83. The number of hydrogen-bond donors (Lipinski definition) is 0. The molecule has 1 aliphatic rings. The van der Waals surface area contributed by atoms with Crippen molar-refractivity contribution in [1.82, 2.24) is 0 Å². The van der Waals surface area contributed by atoms with Crippen molar-refractivity contribution in [3.63, 3.8) is 0 Å². The molecule has 0 radical (unpaired) electrons. The van der Waals surface area contributed by atoms with Gasteiger partial charge in [0.1, 0.15) is 12.4 Å². The van der Waals surface area contributed by atoms with Crippen molar-refractivity contribution in [3.05, 3.63) is 35.6 Å². The Morgan fingerprint density at radius 3 is 2.33 bits per heavy atom. The van der Waals surface area contributed by atoms with Crippen LogP contribution in [0.2, 0.25) is 0 Å². The van der Waals surface area contributed by atoms with E-state index in [1.54, 1.807) is 0 Å². The Labute approximate surface area is 99.3 Å². The summed E-state index contributed by atoms with van der Waals surface area (Å²) in [5.74, 6) is -1.96. The maximum Gasteiger partial charge on any atom is 0.430 e. The first-order chi connectivity index (χ1) is 8.35. The number of halogens is 4. The Morgan fingerprint density at radius 2 is 1.89 bits per heavy atom. The molecule has 2 rings (SSSR count). The molecule has 0 aliphatic carbocycles. The van der Waals surface area contributed by atoms with Crippen molar-refractivity contribution in [2.75, 3.05) is 6.61 Å².